The second kappa shape index (κ2) is 6.53. The van der Waals surface area contributed by atoms with Crippen LogP contribution in [0.3, 0.4) is 0 Å². The summed E-state index contributed by atoms with van der Waals surface area (Å²) in [5.74, 6) is 0. The number of nitrogens with zero attached hydrogens (tertiary/aromatic N) is 1. The molecule has 102 valence electrons. The van der Waals surface area contributed by atoms with E-state index in [-0.39, 0.29) is 0 Å². The molecule has 1 aromatic heterocycles. The van der Waals surface area contributed by atoms with Crippen molar-refractivity contribution in [1.82, 2.24) is 10.2 Å². The van der Waals surface area contributed by atoms with Crippen molar-refractivity contribution in [3.8, 4) is 0 Å². The Hall–Kier alpha value is -2.87. The molecular formula is C19H16N2. The van der Waals surface area contributed by atoms with E-state index in [4.69, 9.17) is 0 Å². The van der Waals surface area contributed by atoms with E-state index < -0.39 is 0 Å². The Morgan fingerprint density at radius 2 is 1.24 bits per heavy atom. The molecule has 0 unspecified atom stereocenters. The molecule has 1 heterocycles. The Labute approximate surface area is 124 Å². The number of hydrogen-bond acceptors (Lipinski definition) is 1. The smallest absolute Gasteiger partial charge is 0.0854 e. The van der Waals surface area contributed by atoms with Crippen LogP contribution in [0.2, 0.25) is 0 Å². The Kier molecular flexibility index (Phi) is 4.08. The maximum absolute atomic E-state index is 4.28. The zero-order valence-electron chi connectivity index (χ0n) is 11.6. The van der Waals surface area contributed by atoms with Gasteiger partial charge in [0.25, 0.3) is 0 Å². The lowest BCUT2D eigenvalue weighted by Gasteiger charge is -1.90. The molecule has 2 nitrogen and oxygen atoms in total. The van der Waals surface area contributed by atoms with Gasteiger partial charge in [-0.05, 0) is 29.3 Å². The summed E-state index contributed by atoms with van der Waals surface area (Å²) in [6, 6.07) is 22.4. The summed E-state index contributed by atoms with van der Waals surface area (Å²) >= 11 is 0. The van der Waals surface area contributed by atoms with Crippen LogP contribution < -0.4 is 0 Å². The second-order valence-electron chi connectivity index (χ2n) is 4.74. The lowest BCUT2D eigenvalue weighted by molar-refractivity contribution is 1.07. The zero-order chi connectivity index (χ0) is 14.3. The van der Waals surface area contributed by atoms with Gasteiger partial charge in [0.1, 0.15) is 0 Å². The van der Waals surface area contributed by atoms with E-state index in [2.05, 4.69) is 46.6 Å². The molecule has 1 N–H and O–H groups in total. The minimum absolute atomic E-state index is 0.923. The molecule has 2 heteroatoms. The molecule has 0 atom stereocenters. The summed E-state index contributed by atoms with van der Waals surface area (Å²) in [7, 11) is 0. The number of aromatic nitrogens is 2. The van der Waals surface area contributed by atoms with Crippen LogP contribution in [0.1, 0.15) is 22.5 Å². The molecular weight excluding hydrogens is 256 g/mol. The maximum Gasteiger partial charge on any atom is 0.0854 e. The molecule has 3 aromatic rings. The van der Waals surface area contributed by atoms with Gasteiger partial charge in [-0.25, -0.2) is 0 Å². The first-order chi connectivity index (χ1) is 10.4. The first-order valence-corrected chi connectivity index (χ1v) is 6.92. The minimum atomic E-state index is 0.923. The molecule has 0 saturated heterocycles. The fourth-order valence-electron chi connectivity index (χ4n) is 2.02. The highest BCUT2D eigenvalue weighted by Gasteiger charge is 1.94. The number of benzene rings is 2. The standard InChI is InChI=1S/C19H16N2/c1-3-7-16(8-4-1)11-13-18-15-19(21-20-18)14-12-17-9-5-2-6-10-17/h1-15H,(H,20,21). The minimum Gasteiger partial charge on any atom is -0.278 e. The van der Waals surface area contributed by atoms with Gasteiger partial charge in [-0.2, -0.15) is 5.10 Å². The first kappa shape index (κ1) is 13.1. The van der Waals surface area contributed by atoms with Crippen molar-refractivity contribution in [3.05, 3.63) is 89.2 Å². The van der Waals surface area contributed by atoms with Crippen LogP contribution in [0.25, 0.3) is 24.3 Å². The third-order valence-electron chi connectivity index (χ3n) is 3.12. The van der Waals surface area contributed by atoms with E-state index in [0.29, 0.717) is 0 Å². The molecule has 0 fully saturated rings. The van der Waals surface area contributed by atoms with Crippen LogP contribution in [0.5, 0.6) is 0 Å². The molecule has 0 aliphatic carbocycles. The summed E-state index contributed by atoms with van der Waals surface area (Å²) < 4.78 is 0. The van der Waals surface area contributed by atoms with Crippen LogP contribution in [0, 0.1) is 0 Å². The maximum atomic E-state index is 4.28. The number of rotatable bonds is 4. The Morgan fingerprint density at radius 3 is 1.86 bits per heavy atom. The molecule has 3 rings (SSSR count). The SMILES string of the molecule is C(=Cc1cc(C=Cc2ccccc2)[nH]n1)c1ccccc1. The molecule has 0 aliphatic heterocycles. The monoisotopic (exact) mass is 272 g/mol. The Bertz CT molecular complexity index is 674. The number of hydrogen-bond donors (Lipinski definition) is 1. The molecule has 0 amide bonds. The van der Waals surface area contributed by atoms with Crippen LogP contribution >= 0.6 is 0 Å². The summed E-state index contributed by atoms with van der Waals surface area (Å²) in [6.07, 6.45) is 8.16. The van der Waals surface area contributed by atoms with Crippen molar-refractivity contribution in [1.29, 1.82) is 0 Å². The van der Waals surface area contributed by atoms with E-state index in [1.165, 1.54) is 11.1 Å². The lowest BCUT2D eigenvalue weighted by atomic mass is 10.2. The average Bonchev–Trinajstić information content (AvgIpc) is 3.01. The molecule has 0 saturated carbocycles. The third kappa shape index (κ3) is 3.80. The van der Waals surface area contributed by atoms with Gasteiger partial charge in [0, 0.05) is 0 Å². The summed E-state index contributed by atoms with van der Waals surface area (Å²) in [4.78, 5) is 0. The van der Waals surface area contributed by atoms with Gasteiger partial charge in [0.15, 0.2) is 0 Å². The van der Waals surface area contributed by atoms with Crippen molar-refractivity contribution in [3.63, 3.8) is 0 Å². The lowest BCUT2D eigenvalue weighted by Crippen LogP contribution is -1.73. The van der Waals surface area contributed by atoms with E-state index >= 15 is 0 Å². The molecule has 0 spiro atoms. The topological polar surface area (TPSA) is 28.7 Å². The van der Waals surface area contributed by atoms with Gasteiger partial charge in [-0.3, -0.25) is 5.10 Å². The summed E-state index contributed by atoms with van der Waals surface area (Å²) in [5.41, 5.74) is 4.26. The predicted molar refractivity (Wildman–Crippen MR) is 89.3 cm³/mol. The molecule has 0 aliphatic rings. The highest BCUT2D eigenvalue weighted by atomic mass is 15.1. The van der Waals surface area contributed by atoms with Gasteiger partial charge in [0.05, 0.1) is 11.4 Å². The van der Waals surface area contributed by atoms with Crippen molar-refractivity contribution in [2.75, 3.05) is 0 Å². The third-order valence-corrected chi connectivity index (χ3v) is 3.12. The van der Waals surface area contributed by atoms with E-state index in [9.17, 15) is 0 Å². The van der Waals surface area contributed by atoms with E-state index in [1.807, 2.05) is 54.6 Å². The molecule has 0 radical (unpaired) electrons. The van der Waals surface area contributed by atoms with Crippen molar-refractivity contribution < 1.29 is 0 Å². The van der Waals surface area contributed by atoms with Crippen molar-refractivity contribution in [2.24, 2.45) is 0 Å². The number of nitrogens with one attached hydrogen (secondary N) is 1. The summed E-state index contributed by atoms with van der Waals surface area (Å²) in [5, 5.41) is 7.30. The van der Waals surface area contributed by atoms with Crippen molar-refractivity contribution >= 4 is 24.3 Å². The quantitative estimate of drug-likeness (QED) is 0.729. The highest BCUT2D eigenvalue weighted by molar-refractivity contribution is 5.71. The second-order valence-corrected chi connectivity index (χ2v) is 4.74. The zero-order valence-corrected chi connectivity index (χ0v) is 11.6. The van der Waals surface area contributed by atoms with Crippen LogP contribution in [-0.2, 0) is 0 Å². The van der Waals surface area contributed by atoms with E-state index in [0.717, 1.165) is 11.4 Å². The van der Waals surface area contributed by atoms with Gasteiger partial charge < -0.3 is 0 Å². The highest BCUT2D eigenvalue weighted by Crippen LogP contribution is 2.10. The largest absolute Gasteiger partial charge is 0.278 e. The van der Waals surface area contributed by atoms with Crippen molar-refractivity contribution in [2.45, 2.75) is 0 Å². The summed E-state index contributed by atoms with van der Waals surface area (Å²) in [6.45, 7) is 0. The van der Waals surface area contributed by atoms with Crippen LogP contribution in [-0.4, -0.2) is 10.2 Å². The Morgan fingerprint density at radius 1 is 0.667 bits per heavy atom. The van der Waals surface area contributed by atoms with Gasteiger partial charge in [-0.1, -0.05) is 72.8 Å². The molecule has 0 bridgehead atoms. The van der Waals surface area contributed by atoms with Gasteiger partial charge in [-0.15, -0.1) is 0 Å². The molecule has 2 aromatic carbocycles. The fourth-order valence-corrected chi connectivity index (χ4v) is 2.02. The molecule has 21 heavy (non-hydrogen) atoms. The average molecular weight is 272 g/mol. The van der Waals surface area contributed by atoms with Crippen LogP contribution in [0.15, 0.2) is 66.7 Å². The first-order valence-electron chi connectivity index (χ1n) is 6.92. The Balaban J connectivity index is 1.69. The number of aromatic amines is 1. The normalized spacial score (nSPS) is 11.4. The van der Waals surface area contributed by atoms with Gasteiger partial charge >= 0.3 is 0 Å². The fraction of sp³-hybridized carbons (Fsp3) is 0. The van der Waals surface area contributed by atoms with E-state index in [1.54, 1.807) is 0 Å². The van der Waals surface area contributed by atoms with Crippen LogP contribution in [0.4, 0.5) is 0 Å². The number of H-pyrrole nitrogens is 1. The van der Waals surface area contributed by atoms with Gasteiger partial charge in [0.2, 0.25) is 0 Å². The predicted octanol–water partition coefficient (Wildman–Crippen LogP) is 4.75.